The molecular formula is C52H74N8O9Si. The van der Waals surface area contributed by atoms with Gasteiger partial charge in [-0.1, -0.05) is 46.6 Å². The number of carbonyl (C=O) groups is 4. The highest BCUT2D eigenvalue weighted by Gasteiger charge is 2.48. The number of fused-ring (bicyclic) bond motifs is 6. The predicted molar refractivity (Wildman–Crippen MR) is 276 cm³/mol. The molecule has 0 bridgehead atoms. The van der Waals surface area contributed by atoms with E-state index in [0.29, 0.717) is 51.1 Å². The summed E-state index contributed by atoms with van der Waals surface area (Å²) in [5.41, 5.74) is 8.50. The third kappa shape index (κ3) is 10.7. The molecule has 2 aromatic carbocycles. The third-order valence-corrected chi connectivity index (χ3v) is 15.2. The number of nitrogens with zero attached hydrogens (tertiary/aromatic N) is 7. The van der Waals surface area contributed by atoms with Crippen LogP contribution in [0.2, 0.25) is 25.7 Å². The number of anilines is 2. The maximum atomic E-state index is 13.3. The van der Waals surface area contributed by atoms with Crippen molar-refractivity contribution in [2.24, 2.45) is 21.0 Å². The van der Waals surface area contributed by atoms with Gasteiger partial charge in [-0.2, -0.15) is 10.2 Å². The van der Waals surface area contributed by atoms with Gasteiger partial charge in [-0.05, 0) is 133 Å². The SMILES string of the molecule is C=C(c1cc2c(cc1C)OCC1=NN(COCC[Si](C)(C)C)C(=O)C(C)N12)C1(C)CN(C(=O)OC(C)(C)C)C1.C=C(c1cc2c(cc1C)OCC1=NNC(=O)C(C)N12)C1(C)CN(C(=O)OC(C)(C)C)C1. The van der Waals surface area contributed by atoms with Crippen LogP contribution in [0.1, 0.15) is 91.5 Å². The standard InChI is InChI=1S/C29H44N4O5Si.C23H30N4O4/c1-19-13-24-23(14-22(19)20(2)29(7)16-31(17-29)27(35)38-28(4,5)6)33-21(3)26(34)32(30-25(33)15-37-24)18-36-11-12-39(8,9)10;1-13-8-18-17(27-15(3)20(28)25-24-19(27)10-30-18)9-16(13)14(2)23(7)11-26(12-23)21(29)31-22(4,5)6/h13-14,21H,2,11-12,15-18H2,1,3-10H3;8-9,15H,2,10-12H2,1,3-7H3,(H,25,28). The second-order valence-electron chi connectivity index (χ2n) is 23.3. The minimum Gasteiger partial charge on any atom is -0.483 e. The van der Waals surface area contributed by atoms with Crippen LogP contribution in [0, 0.1) is 24.7 Å². The maximum Gasteiger partial charge on any atom is 0.410 e. The van der Waals surface area contributed by atoms with Crippen LogP contribution in [0.25, 0.3) is 11.1 Å². The van der Waals surface area contributed by atoms with E-state index in [-0.39, 0.29) is 54.2 Å². The van der Waals surface area contributed by atoms with Gasteiger partial charge >= 0.3 is 12.2 Å². The summed E-state index contributed by atoms with van der Waals surface area (Å²) in [6, 6.07) is 8.26. The normalized spacial score (nSPS) is 21.0. The number of hydrazone groups is 2. The van der Waals surface area contributed by atoms with Crippen LogP contribution in [0.5, 0.6) is 11.5 Å². The second-order valence-corrected chi connectivity index (χ2v) is 28.9. The Hall–Kier alpha value is -5.88. The molecule has 2 aromatic rings. The fourth-order valence-electron chi connectivity index (χ4n) is 9.33. The van der Waals surface area contributed by atoms with Crippen molar-refractivity contribution in [1.82, 2.24) is 20.2 Å². The van der Waals surface area contributed by atoms with Gasteiger partial charge in [0.05, 0.1) is 11.4 Å². The van der Waals surface area contributed by atoms with Gasteiger partial charge < -0.3 is 43.3 Å². The number of carbonyl (C=O) groups excluding carboxylic acids is 4. The molecule has 6 aliphatic heterocycles. The van der Waals surface area contributed by atoms with Crippen LogP contribution in [0.4, 0.5) is 21.0 Å². The molecule has 70 heavy (non-hydrogen) atoms. The molecule has 4 amide bonds. The zero-order chi connectivity index (χ0) is 51.6. The lowest BCUT2D eigenvalue weighted by Crippen LogP contribution is -2.58. The number of aryl methyl sites for hydroxylation is 2. The van der Waals surface area contributed by atoms with Crippen LogP contribution >= 0.6 is 0 Å². The van der Waals surface area contributed by atoms with E-state index in [1.165, 1.54) is 5.01 Å². The number of amidine groups is 2. The van der Waals surface area contributed by atoms with Gasteiger partial charge in [-0.3, -0.25) is 9.59 Å². The number of hydrogen-bond acceptors (Lipinski definition) is 13. The molecule has 0 aromatic heterocycles. The number of hydrogen-bond donors (Lipinski definition) is 1. The monoisotopic (exact) mass is 983 g/mol. The van der Waals surface area contributed by atoms with E-state index >= 15 is 0 Å². The van der Waals surface area contributed by atoms with Crippen LogP contribution < -0.4 is 24.7 Å². The summed E-state index contributed by atoms with van der Waals surface area (Å²) in [7, 11) is -1.22. The fourth-order valence-corrected chi connectivity index (χ4v) is 10.1. The summed E-state index contributed by atoms with van der Waals surface area (Å²) in [6.07, 6.45) is -0.610. The van der Waals surface area contributed by atoms with E-state index in [2.05, 4.69) is 62.3 Å². The molecule has 2 unspecified atom stereocenters. The van der Waals surface area contributed by atoms with Gasteiger partial charge in [0.2, 0.25) is 0 Å². The van der Waals surface area contributed by atoms with E-state index in [4.69, 9.17) is 23.7 Å². The van der Waals surface area contributed by atoms with Crippen molar-refractivity contribution >= 4 is 66.3 Å². The molecule has 2 saturated heterocycles. The van der Waals surface area contributed by atoms with Gasteiger partial charge in [0.15, 0.2) is 11.7 Å². The summed E-state index contributed by atoms with van der Waals surface area (Å²) < 4.78 is 28.8. The van der Waals surface area contributed by atoms with Gasteiger partial charge in [0.1, 0.15) is 54.7 Å². The number of likely N-dealkylation sites (tertiary alicyclic amines) is 2. The van der Waals surface area contributed by atoms with Gasteiger partial charge in [-0.25, -0.2) is 20.0 Å². The highest BCUT2D eigenvalue weighted by Crippen LogP contribution is 2.48. The Kier molecular flexibility index (Phi) is 13.9. The van der Waals surface area contributed by atoms with Gasteiger partial charge in [-0.15, -0.1) is 0 Å². The molecule has 1 N–H and O–H groups in total. The summed E-state index contributed by atoms with van der Waals surface area (Å²) in [4.78, 5) is 57.7. The Bertz CT molecular complexity index is 2540. The maximum absolute atomic E-state index is 13.3. The Morgan fingerprint density at radius 1 is 0.757 bits per heavy atom. The fraction of sp³-hybridized carbons (Fsp3) is 0.577. The van der Waals surface area contributed by atoms with Crippen LogP contribution in [-0.4, -0.2) is 135 Å². The van der Waals surface area contributed by atoms with Gasteiger partial charge in [0.25, 0.3) is 11.8 Å². The zero-order valence-electron chi connectivity index (χ0n) is 44.0. The molecule has 380 valence electrons. The first-order chi connectivity index (χ1) is 32.4. The molecule has 0 aliphatic carbocycles. The summed E-state index contributed by atoms with van der Waals surface area (Å²) in [6.45, 7) is 42.4. The van der Waals surface area contributed by atoms with E-state index < -0.39 is 25.3 Å². The molecule has 18 heteroatoms. The van der Waals surface area contributed by atoms with Crippen molar-refractivity contribution in [3.63, 3.8) is 0 Å². The highest BCUT2D eigenvalue weighted by atomic mass is 28.3. The van der Waals surface area contributed by atoms with Crippen LogP contribution in [0.3, 0.4) is 0 Å². The topological polar surface area (TPSA) is 167 Å². The van der Waals surface area contributed by atoms with E-state index in [1.807, 2.05) is 103 Å². The Morgan fingerprint density at radius 2 is 1.20 bits per heavy atom. The molecule has 8 rings (SSSR count). The molecule has 2 atom stereocenters. The third-order valence-electron chi connectivity index (χ3n) is 13.5. The van der Waals surface area contributed by atoms with Crippen LogP contribution in [-0.2, 0) is 23.8 Å². The predicted octanol–water partition coefficient (Wildman–Crippen LogP) is 8.62. The molecule has 2 fully saturated rings. The lowest BCUT2D eigenvalue weighted by Gasteiger charge is -2.49. The number of amides is 4. The average molecular weight is 983 g/mol. The van der Waals surface area contributed by atoms with E-state index in [0.717, 1.165) is 62.3 Å². The van der Waals surface area contributed by atoms with Crippen molar-refractivity contribution in [3.8, 4) is 11.5 Å². The molecule has 6 aliphatic rings. The lowest BCUT2D eigenvalue weighted by atomic mass is 9.72. The quantitative estimate of drug-likeness (QED) is 0.189. The lowest BCUT2D eigenvalue weighted by molar-refractivity contribution is -0.138. The number of rotatable bonds is 9. The Balaban J connectivity index is 0.000000212. The summed E-state index contributed by atoms with van der Waals surface area (Å²) >= 11 is 0. The zero-order valence-corrected chi connectivity index (χ0v) is 45.0. The summed E-state index contributed by atoms with van der Waals surface area (Å²) in [5, 5.41) is 10.2. The molecular weight excluding hydrogens is 909 g/mol. The molecule has 0 saturated carbocycles. The second kappa shape index (κ2) is 18.7. The highest BCUT2D eigenvalue weighted by molar-refractivity contribution is 6.76. The Morgan fingerprint density at radius 3 is 1.64 bits per heavy atom. The van der Waals surface area contributed by atoms with E-state index in [9.17, 15) is 19.2 Å². The molecule has 17 nitrogen and oxygen atoms in total. The molecule has 6 heterocycles. The molecule has 0 spiro atoms. The van der Waals surface area contributed by atoms with Crippen LogP contribution in [0.15, 0.2) is 47.6 Å². The minimum absolute atomic E-state index is 0.112. The smallest absolute Gasteiger partial charge is 0.410 e. The van der Waals surface area contributed by atoms with Crippen molar-refractivity contribution < 1.29 is 42.9 Å². The van der Waals surface area contributed by atoms with Crippen molar-refractivity contribution in [2.75, 3.05) is 62.5 Å². The largest absolute Gasteiger partial charge is 0.483 e. The minimum atomic E-state index is -1.22. The van der Waals surface area contributed by atoms with E-state index in [1.54, 1.807) is 9.80 Å². The number of ether oxygens (including phenoxy) is 5. The van der Waals surface area contributed by atoms with Crippen molar-refractivity contribution in [3.05, 3.63) is 59.7 Å². The first-order valence-electron chi connectivity index (χ1n) is 24.2. The van der Waals surface area contributed by atoms with Crippen molar-refractivity contribution in [1.29, 1.82) is 0 Å². The van der Waals surface area contributed by atoms with Crippen molar-refractivity contribution in [2.45, 2.75) is 132 Å². The Labute approximate surface area is 414 Å². The number of nitrogens with one attached hydrogen (secondary N) is 1. The first-order valence-corrected chi connectivity index (χ1v) is 27.9. The first kappa shape index (κ1) is 52.0. The van der Waals surface area contributed by atoms with Gasteiger partial charge in [0, 0.05) is 51.7 Å². The number of benzene rings is 2. The average Bonchev–Trinajstić information content (AvgIpc) is 3.23. The summed E-state index contributed by atoms with van der Waals surface area (Å²) in [5.74, 6) is 2.53. The molecule has 0 radical (unpaired) electrons.